The number of rotatable bonds is 7. The molecule has 3 aromatic rings. The van der Waals surface area contributed by atoms with Crippen LogP contribution in [0.25, 0.3) is 0 Å². The predicted molar refractivity (Wildman–Crippen MR) is 122 cm³/mol. The lowest BCUT2D eigenvalue weighted by molar-refractivity contribution is -0.117. The third kappa shape index (κ3) is 4.64. The fourth-order valence-corrected chi connectivity index (χ4v) is 4.19. The van der Waals surface area contributed by atoms with E-state index < -0.39 is 5.41 Å². The Morgan fingerprint density at radius 1 is 1.22 bits per heavy atom. The smallest absolute Gasteiger partial charge is 0.229 e. The van der Waals surface area contributed by atoms with Crippen LogP contribution < -0.4 is 10.6 Å². The molecule has 32 heavy (non-hydrogen) atoms. The molecular formula is C24H25ClFN5O. The molecule has 0 saturated heterocycles. The summed E-state index contributed by atoms with van der Waals surface area (Å²) in [7, 11) is 0. The van der Waals surface area contributed by atoms with Crippen LogP contribution in [-0.2, 0) is 16.8 Å². The number of aromatic nitrogens is 3. The summed E-state index contributed by atoms with van der Waals surface area (Å²) in [5, 5.41) is 6.86. The van der Waals surface area contributed by atoms with Crippen molar-refractivity contribution in [2.45, 2.75) is 39.2 Å². The van der Waals surface area contributed by atoms with Gasteiger partial charge in [0.2, 0.25) is 5.91 Å². The Hall–Kier alpha value is -2.90. The van der Waals surface area contributed by atoms with Crippen molar-refractivity contribution in [3.8, 4) is 0 Å². The van der Waals surface area contributed by atoms with E-state index in [1.807, 2.05) is 33.0 Å². The lowest BCUT2D eigenvalue weighted by atomic mass is 9.92. The van der Waals surface area contributed by atoms with Crippen LogP contribution in [0.2, 0.25) is 5.02 Å². The molecule has 6 nitrogen and oxygen atoms in total. The molecule has 1 fully saturated rings. The average Bonchev–Trinajstić information content (AvgIpc) is 3.48. The van der Waals surface area contributed by atoms with E-state index in [1.54, 1.807) is 12.1 Å². The van der Waals surface area contributed by atoms with Gasteiger partial charge < -0.3 is 10.6 Å². The number of carbonyl (C=O) groups excluding carboxylic acids is 1. The van der Waals surface area contributed by atoms with E-state index in [1.165, 1.54) is 18.3 Å². The molecule has 1 aliphatic carbocycles. The molecule has 0 spiro atoms. The molecule has 2 unspecified atom stereocenters. The highest BCUT2D eigenvalue weighted by molar-refractivity contribution is 6.31. The van der Waals surface area contributed by atoms with Crippen molar-refractivity contribution in [2.24, 2.45) is 5.92 Å². The second-order valence-corrected chi connectivity index (χ2v) is 8.77. The van der Waals surface area contributed by atoms with Crippen LogP contribution in [-0.4, -0.2) is 27.4 Å². The monoisotopic (exact) mass is 453 g/mol. The maximum Gasteiger partial charge on any atom is 0.229 e. The van der Waals surface area contributed by atoms with Crippen LogP contribution in [0.4, 0.5) is 10.2 Å². The van der Waals surface area contributed by atoms with E-state index in [2.05, 4.69) is 25.6 Å². The van der Waals surface area contributed by atoms with Crippen LogP contribution in [0, 0.1) is 32.5 Å². The van der Waals surface area contributed by atoms with E-state index in [0.717, 1.165) is 28.2 Å². The van der Waals surface area contributed by atoms with Crippen LogP contribution in [0.15, 0.2) is 42.7 Å². The quantitative estimate of drug-likeness (QED) is 0.558. The minimum Gasteiger partial charge on any atom is -0.312 e. The molecule has 1 amide bonds. The number of pyridine rings is 1. The van der Waals surface area contributed by atoms with Gasteiger partial charge in [0.15, 0.2) is 0 Å². The van der Waals surface area contributed by atoms with Crippen LogP contribution >= 0.6 is 11.6 Å². The number of carbonyl (C=O) groups is 1. The maximum absolute atomic E-state index is 14.0. The number of anilines is 1. The molecule has 1 saturated carbocycles. The van der Waals surface area contributed by atoms with Crippen molar-refractivity contribution in [3.05, 3.63) is 81.8 Å². The molecule has 0 bridgehead atoms. The van der Waals surface area contributed by atoms with Gasteiger partial charge in [-0.3, -0.25) is 4.79 Å². The van der Waals surface area contributed by atoms with E-state index in [4.69, 9.17) is 11.6 Å². The zero-order valence-corrected chi connectivity index (χ0v) is 19.0. The highest BCUT2D eigenvalue weighted by atomic mass is 35.5. The Kier molecular flexibility index (Phi) is 6.22. The summed E-state index contributed by atoms with van der Waals surface area (Å²) < 4.78 is 14.0. The van der Waals surface area contributed by atoms with Crippen LogP contribution in [0.1, 0.15) is 34.6 Å². The molecule has 0 aliphatic heterocycles. The van der Waals surface area contributed by atoms with E-state index in [9.17, 15) is 9.18 Å². The van der Waals surface area contributed by atoms with Gasteiger partial charge >= 0.3 is 0 Å². The van der Waals surface area contributed by atoms with Crippen molar-refractivity contribution in [3.63, 3.8) is 0 Å². The SMILES string of the molecule is Cc1ncc(CNCC2(c3cccc(F)c3)CC2C(=O)Nc2cc(C)c(Cl)cn2)c(C)n1. The van der Waals surface area contributed by atoms with Crippen molar-refractivity contribution >= 4 is 23.3 Å². The normalized spacial score (nSPS) is 19.6. The number of nitrogens with zero attached hydrogens (tertiary/aromatic N) is 3. The first-order valence-electron chi connectivity index (χ1n) is 10.5. The summed E-state index contributed by atoms with van der Waals surface area (Å²) in [6, 6.07) is 8.23. The molecule has 4 rings (SSSR count). The molecule has 2 aromatic heterocycles. The van der Waals surface area contributed by atoms with E-state index in [0.29, 0.717) is 30.4 Å². The molecule has 2 heterocycles. The standard InChI is InChI=1S/C24H25ClFN5O/c1-14-7-22(29-12-21(14)25)31-23(32)20-9-24(20,18-5-4-6-19(26)8-18)13-27-10-17-11-28-16(3)30-15(17)2/h4-8,11-12,20,27H,9-10,13H2,1-3H3,(H,29,31,32). The van der Waals surface area contributed by atoms with Crippen molar-refractivity contribution < 1.29 is 9.18 Å². The fraction of sp³-hybridized carbons (Fsp3) is 0.333. The summed E-state index contributed by atoms with van der Waals surface area (Å²) in [5.74, 6) is 0.431. The zero-order chi connectivity index (χ0) is 22.9. The van der Waals surface area contributed by atoms with Gasteiger partial charge in [0.1, 0.15) is 17.5 Å². The number of halogens is 2. The summed E-state index contributed by atoms with van der Waals surface area (Å²) in [6.07, 6.45) is 3.95. The predicted octanol–water partition coefficient (Wildman–Crippen LogP) is 4.28. The van der Waals surface area contributed by atoms with Gasteiger partial charge in [-0.25, -0.2) is 19.3 Å². The number of nitrogens with one attached hydrogen (secondary N) is 2. The van der Waals surface area contributed by atoms with Gasteiger partial charge in [0, 0.05) is 42.2 Å². The highest BCUT2D eigenvalue weighted by Crippen LogP contribution is 2.54. The summed E-state index contributed by atoms with van der Waals surface area (Å²) in [5.41, 5.74) is 3.06. The molecule has 0 radical (unpaired) electrons. The molecule has 8 heteroatoms. The summed E-state index contributed by atoms with van der Waals surface area (Å²) >= 11 is 6.03. The molecule has 166 valence electrons. The topological polar surface area (TPSA) is 79.8 Å². The fourth-order valence-electron chi connectivity index (χ4n) is 4.09. The Labute approximate surface area is 191 Å². The second-order valence-electron chi connectivity index (χ2n) is 8.36. The summed E-state index contributed by atoms with van der Waals surface area (Å²) in [4.78, 5) is 25.9. The first-order chi connectivity index (χ1) is 15.3. The van der Waals surface area contributed by atoms with E-state index in [-0.39, 0.29) is 17.6 Å². The maximum atomic E-state index is 14.0. The largest absolute Gasteiger partial charge is 0.312 e. The van der Waals surface area contributed by atoms with Gasteiger partial charge in [-0.15, -0.1) is 0 Å². The Bertz CT molecular complexity index is 1170. The minimum absolute atomic E-state index is 0.139. The minimum atomic E-state index is -0.493. The van der Waals surface area contributed by atoms with Crippen LogP contribution in [0.5, 0.6) is 0 Å². The number of amides is 1. The van der Waals surface area contributed by atoms with Gasteiger partial charge in [-0.1, -0.05) is 23.7 Å². The summed E-state index contributed by atoms with van der Waals surface area (Å²) in [6.45, 7) is 6.75. The van der Waals surface area contributed by atoms with Crippen molar-refractivity contribution in [1.29, 1.82) is 0 Å². The first-order valence-corrected chi connectivity index (χ1v) is 10.9. The lowest BCUT2D eigenvalue weighted by Crippen LogP contribution is -2.32. The molecule has 1 aromatic carbocycles. The Balaban J connectivity index is 1.51. The molecule has 1 aliphatic rings. The van der Waals surface area contributed by atoms with Crippen molar-refractivity contribution in [2.75, 3.05) is 11.9 Å². The third-order valence-corrected chi connectivity index (χ3v) is 6.44. The molecule has 2 N–H and O–H groups in total. The number of benzene rings is 1. The van der Waals surface area contributed by atoms with Crippen molar-refractivity contribution in [1.82, 2.24) is 20.3 Å². The molecule has 2 atom stereocenters. The van der Waals surface area contributed by atoms with Crippen LogP contribution in [0.3, 0.4) is 0 Å². The third-order valence-electron chi connectivity index (χ3n) is 6.05. The van der Waals surface area contributed by atoms with E-state index >= 15 is 0 Å². The number of aryl methyl sites for hydroxylation is 3. The van der Waals surface area contributed by atoms with Gasteiger partial charge in [-0.05, 0) is 56.5 Å². The number of hydrogen-bond acceptors (Lipinski definition) is 5. The van der Waals surface area contributed by atoms with Gasteiger partial charge in [0.05, 0.1) is 10.9 Å². The van der Waals surface area contributed by atoms with Gasteiger partial charge in [0.25, 0.3) is 0 Å². The highest BCUT2D eigenvalue weighted by Gasteiger charge is 2.59. The second kappa shape index (κ2) is 8.92. The average molecular weight is 454 g/mol. The molecular weight excluding hydrogens is 429 g/mol. The Morgan fingerprint density at radius 3 is 2.75 bits per heavy atom. The first kappa shape index (κ1) is 22.3. The zero-order valence-electron chi connectivity index (χ0n) is 18.2. The Morgan fingerprint density at radius 2 is 2.03 bits per heavy atom. The van der Waals surface area contributed by atoms with Gasteiger partial charge in [-0.2, -0.15) is 0 Å². The number of hydrogen-bond donors (Lipinski definition) is 2. The lowest BCUT2D eigenvalue weighted by Gasteiger charge is -2.19.